The van der Waals surface area contributed by atoms with E-state index in [0.717, 1.165) is 16.7 Å². The first-order valence-electron chi connectivity index (χ1n) is 9.92. The number of thiazole rings is 1. The number of ether oxygens (including phenoxy) is 1. The second-order valence-electron chi connectivity index (χ2n) is 7.19. The van der Waals surface area contributed by atoms with Crippen molar-refractivity contribution in [3.63, 3.8) is 0 Å². The Kier molecular flexibility index (Phi) is 5.48. The van der Waals surface area contributed by atoms with Crippen LogP contribution in [-0.4, -0.2) is 4.98 Å². The van der Waals surface area contributed by atoms with E-state index in [-0.39, 0.29) is 5.82 Å². The van der Waals surface area contributed by atoms with E-state index >= 15 is 0 Å². The van der Waals surface area contributed by atoms with Crippen LogP contribution in [0.15, 0.2) is 102 Å². The predicted molar refractivity (Wildman–Crippen MR) is 129 cm³/mol. The lowest BCUT2D eigenvalue weighted by Crippen LogP contribution is -2.03. The highest BCUT2D eigenvalue weighted by molar-refractivity contribution is 7.72. The number of benzene rings is 3. The first kappa shape index (κ1) is 20.4. The van der Waals surface area contributed by atoms with Gasteiger partial charge in [-0.3, -0.25) is 4.57 Å². The van der Waals surface area contributed by atoms with Gasteiger partial charge in [-0.15, -0.1) is 11.3 Å². The van der Waals surface area contributed by atoms with E-state index in [1.54, 1.807) is 23.8 Å². The number of halogens is 1. The molecule has 0 atom stereocenters. The Morgan fingerprint density at radius 3 is 1.91 bits per heavy atom. The van der Waals surface area contributed by atoms with Gasteiger partial charge in [0.25, 0.3) is 0 Å². The molecule has 3 aromatic carbocycles. The summed E-state index contributed by atoms with van der Waals surface area (Å²) in [6.07, 6.45) is 0. The maximum Gasteiger partial charge on any atom is 0.222 e. The molecule has 0 fully saturated rings. The molecule has 1 aliphatic rings. The number of anilines is 1. The van der Waals surface area contributed by atoms with E-state index in [1.165, 1.54) is 23.5 Å². The number of aromatic nitrogens is 1. The Labute approximate surface area is 189 Å². The van der Waals surface area contributed by atoms with Crippen molar-refractivity contribution < 1.29 is 13.7 Å². The van der Waals surface area contributed by atoms with Crippen LogP contribution in [-0.2, 0) is 9.30 Å². The zero-order valence-electron chi connectivity index (χ0n) is 16.8. The third-order valence-corrected chi connectivity index (χ3v) is 7.58. The monoisotopic (exact) mass is 460 g/mol. The van der Waals surface area contributed by atoms with Crippen LogP contribution in [0.5, 0.6) is 0 Å². The summed E-state index contributed by atoms with van der Waals surface area (Å²) in [6, 6.07) is 25.3. The lowest BCUT2D eigenvalue weighted by Gasteiger charge is -2.23. The van der Waals surface area contributed by atoms with Crippen LogP contribution < -0.4 is 5.09 Å². The molecule has 0 saturated carbocycles. The van der Waals surface area contributed by atoms with Gasteiger partial charge in [-0.05, 0) is 24.3 Å². The molecule has 0 saturated heterocycles. The van der Waals surface area contributed by atoms with Crippen LogP contribution in [0.1, 0.15) is 11.1 Å². The van der Waals surface area contributed by atoms with Gasteiger partial charge in [-0.2, -0.15) is 0 Å². The molecule has 158 valence electrons. The smallest absolute Gasteiger partial charge is 0.222 e. The number of hydrogen-bond acceptors (Lipinski definition) is 4. The molecule has 1 aromatic heterocycles. The molecule has 4 nitrogen and oxygen atoms in total. The fourth-order valence-corrected chi connectivity index (χ4v) is 6.18. The van der Waals surface area contributed by atoms with Crippen molar-refractivity contribution in [3.8, 4) is 11.3 Å². The Balaban J connectivity index is 1.50. The normalized spacial score (nSPS) is 14.8. The van der Waals surface area contributed by atoms with E-state index in [4.69, 9.17) is 4.74 Å². The summed E-state index contributed by atoms with van der Waals surface area (Å²) in [5.41, 5.74) is 3.16. The van der Waals surface area contributed by atoms with Gasteiger partial charge >= 0.3 is 0 Å². The standard InChI is InChI=1S/C25H18FN2O2PS/c26-21-13-11-18(12-14-21)22-17-32-25(27-22)28-31(29)15-23(19-7-3-1-4-8-19)30-24(16-31)20-9-5-2-6-10-20/h1-17H,(H,27,28,29). The van der Waals surface area contributed by atoms with Crippen molar-refractivity contribution in [3.05, 3.63) is 119 Å². The molecule has 0 aliphatic carbocycles. The summed E-state index contributed by atoms with van der Waals surface area (Å²) in [4.78, 5) is 4.56. The molecule has 7 heteroatoms. The van der Waals surface area contributed by atoms with Crippen molar-refractivity contribution in [1.82, 2.24) is 4.98 Å². The minimum absolute atomic E-state index is 0.300. The SMILES string of the molecule is O=P1(Nc2nc(-c3ccc(F)cc3)cs2)C=C(c2ccccc2)OC(c2ccccc2)=C1. The molecule has 32 heavy (non-hydrogen) atoms. The molecule has 0 radical (unpaired) electrons. The zero-order chi connectivity index (χ0) is 22.0. The van der Waals surface area contributed by atoms with Crippen LogP contribution in [0.2, 0.25) is 0 Å². The average molecular weight is 460 g/mol. The third-order valence-electron chi connectivity index (χ3n) is 4.87. The molecule has 0 spiro atoms. The number of nitrogens with one attached hydrogen (secondary N) is 1. The van der Waals surface area contributed by atoms with E-state index in [2.05, 4.69) is 10.1 Å². The molecular weight excluding hydrogens is 442 g/mol. The van der Waals surface area contributed by atoms with Gasteiger partial charge in [-0.25, -0.2) is 9.37 Å². The molecule has 5 rings (SSSR count). The van der Waals surface area contributed by atoms with E-state index in [0.29, 0.717) is 22.3 Å². The Bertz CT molecular complexity index is 1290. The van der Waals surface area contributed by atoms with Crippen LogP contribution in [0.3, 0.4) is 0 Å². The Morgan fingerprint density at radius 1 is 0.781 bits per heavy atom. The van der Waals surface area contributed by atoms with Crippen LogP contribution in [0.4, 0.5) is 9.52 Å². The Morgan fingerprint density at radius 2 is 1.34 bits per heavy atom. The zero-order valence-corrected chi connectivity index (χ0v) is 18.5. The van der Waals surface area contributed by atoms with E-state index < -0.39 is 7.29 Å². The number of hydrogen-bond donors (Lipinski definition) is 1. The predicted octanol–water partition coefficient (Wildman–Crippen LogP) is 7.67. The first-order valence-corrected chi connectivity index (χ1v) is 12.6. The first-order chi connectivity index (χ1) is 15.6. The Hall–Kier alpha value is -3.47. The average Bonchev–Trinajstić information content (AvgIpc) is 3.28. The molecule has 1 aliphatic heterocycles. The van der Waals surface area contributed by atoms with Gasteiger partial charge in [-0.1, -0.05) is 60.7 Å². The second-order valence-corrected chi connectivity index (χ2v) is 10.2. The minimum Gasteiger partial charge on any atom is -0.456 e. The summed E-state index contributed by atoms with van der Waals surface area (Å²) >= 11 is 1.35. The van der Waals surface area contributed by atoms with Gasteiger partial charge in [0, 0.05) is 33.7 Å². The van der Waals surface area contributed by atoms with Crippen LogP contribution in [0.25, 0.3) is 22.8 Å². The third kappa shape index (κ3) is 4.42. The summed E-state index contributed by atoms with van der Waals surface area (Å²) in [6.45, 7) is 0. The van der Waals surface area contributed by atoms with Gasteiger partial charge in [0.15, 0.2) is 5.13 Å². The second kappa shape index (κ2) is 8.58. The number of rotatable bonds is 5. The van der Waals surface area contributed by atoms with Crippen molar-refractivity contribution in [2.75, 3.05) is 5.09 Å². The molecule has 0 amide bonds. The lowest BCUT2D eigenvalue weighted by molar-refractivity contribution is 0.469. The molecule has 1 N–H and O–H groups in total. The molecule has 0 bridgehead atoms. The van der Waals surface area contributed by atoms with E-state index in [9.17, 15) is 8.96 Å². The maximum absolute atomic E-state index is 13.9. The molecule has 4 aromatic rings. The minimum atomic E-state index is -3.18. The largest absolute Gasteiger partial charge is 0.456 e. The van der Waals surface area contributed by atoms with Gasteiger partial charge in [0.1, 0.15) is 17.3 Å². The fraction of sp³-hybridized carbons (Fsp3) is 0. The fourth-order valence-electron chi connectivity index (χ4n) is 3.32. The van der Waals surface area contributed by atoms with Crippen molar-refractivity contribution in [2.24, 2.45) is 0 Å². The van der Waals surface area contributed by atoms with Crippen LogP contribution >= 0.6 is 18.6 Å². The number of nitrogens with zero attached hydrogens (tertiary/aromatic N) is 1. The maximum atomic E-state index is 13.9. The summed E-state index contributed by atoms with van der Waals surface area (Å²) in [5, 5.41) is 5.48. The highest BCUT2D eigenvalue weighted by atomic mass is 32.1. The van der Waals surface area contributed by atoms with Crippen molar-refractivity contribution >= 4 is 35.3 Å². The summed E-state index contributed by atoms with van der Waals surface area (Å²) < 4.78 is 33.3. The highest BCUT2D eigenvalue weighted by Crippen LogP contribution is 2.56. The van der Waals surface area contributed by atoms with Gasteiger partial charge in [0.2, 0.25) is 7.29 Å². The lowest BCUT2D eigenvalue weighted by atomic mass is 10.2. The summed E-state index contributed by atoms with van der Waals surface area (Å²) in [5.74, 6) is 4.02. The topological polar surface area (TPSA) is 51.2 Å². The molecule has 0 unspecified atom stereocenters. The van der Waals surface area contributed by atoms with Gasteiger partial charge in [0.05, 0.1) is 5.69 Å². The van der Waals surface area contributed by atoms with Gasteiger partial charge < -0.3 is 9.82 Å². The quantitative estimate of drug-likeness (QED) is 0.311. The van der Waals surface area contributed by atoms with Crippen molar-refractivity contribution in [1.29, 1.82) is 0 Å². The van der Waals surface area contributed by atoms with Crippen LogP contribution in [0, 0.1) is 5.82 Å². The molecule has 2 heterocycles. The van der Waals surface area contributed by atoms with E-state index in [1.807, 2.05) is 66.0 Å². The summed E-state index contributed by atoms with van der Waals surface area (Å²) in [7, 11) is -3.18. The van der Waals surface area contributed by atoms with Crippen molar-refractivity contribution in [2.45, 2.75) is 0 Å². The molecular formula is C25H18FN2O2PS. The highest BCUT2D eigenvalue weighted by Gasteiger charge is 2.28.